The molecule has 1 heterocycles. The third-order valence-corrected chi connectivity index (χ3v) is 5.67. The molecule has 0 atom stereocenters. The topological polar surface area (TPSA) is 60.3 Å². The largest absolute Gasteiger partial charge is 0.496 e. The molecule has 0 fully saturated rings. The highest BCUT2D eigenvalue weighted by atomic mass is 35.5. The second kappa shape index (κ2) is 9.90. The highest BCUT2D eigenvalue weighted by Gasteiger charge is 2.17. The summed E-state index contributed by atoms with van der Waals surface area (Å²) in [6.45, 7) is 1.22. The average molecular weight is 435 g/mol. The van der Waals surface area contributed by atoms with E-state index >= 15 is 0 Å². The van der Waals surface area contributed by atoms with Gasteiger partial charge in [0.25, 0.3) is 0 Å². The molecule has 31 heavy (non-hydrogen) atoms. The minimum atomic E-state index is 0.536. The number of hydrogen-bond acceptors (Lipinski definition) is 3. The van der Waals surface area contributed by atoms with Crippen LogP contribution in [0.3, 0.4) is 0 Å². The maximum absolute atomic E-state index is 6.32. The molecule has 0 unspecified atom stereocenters. The number of rotatable bonds is 9. The van der Waals surface area contributed by atoms with Crippen molar-refractivity contribution in [2.45, 2.75) is 25.9 Å². The lowest BCUT2D eigenvalue weighted by Gasteiger charge is -2.11. The predicted octanol–water partition coefficient (Wildman–Crippen LogP) is 6.36. The van der Waals surface area contributed by atoms with Crippen molar-refractivity contribution in [1.29, 1.82) is 0 Å². The van der Waals surface area contributed by atoms with Crippen LogP contribution in [0.2, 0.25) is 5.02 Å². The van der Waals surface area contributed by atoms with E-state index in [0.29, 0.717) is 18.2 Å². The van der Waals surface area contributed by atoms with Gasteiger partial charge >= 0.3 is 0 Å². The summed E-state index contributed by atoms with van der Waals surface area (Å²) in [6, 6.07) is 22.1. The maximum atomic E-state index is 6.32. The molecule has 0 saturated heterocycles. The van der Waals surface area contributed by atoms with Gasteiger partial charge < -0.3 is 20.2 Å². The van der Waals surface area contributed by atoms with Crippen LogP contribution in [0.25, 0.3) is 22.2 Å². The normalized spacial score (nSPS) is 11.1. The summed E-state index contributed by atoms with van der Waals surface area (Å²) in [4.78, 5) is 3.58. The Kier molecular flexibility index (Phi) is 6.80. The average Bonchev–Trinajstić information content (AvgIpc) is 3.16. The first-order valence-corrected chi connectivity index (χ1v) is 10.9. The fourth-order valence-corrected chi connectivity index (χ4v) is 4.04. The molecule has 4 nitrogen and oxygen atoms in total. The van der Waals surface area contributed by atoms with Gasteiger partial charge in [0, 0.05) is 21.5 Å². The third-order valence-electron chi connectivity index (χ3n) is 5.44. The lowest BCUT2D eigenvalue weighted by Crippen LogP contribution is -1.99. The Morgan fingerprint density at radius 2 is 1.81 bits per heavy atom. The fourth-order valence-electron chi connectivity index (χ4n) is 3.87. The molecule has 160 valence electrons. The molecular weight excluding hydrogens is 408 g/mol. The van der Waals surface area contributed by atoms with Crippen LogP contribution in [0.1, 0.15) is 24.0 Å². The van der Waals surface area contributed by atoms with Crippen molar-refractivity contribution < 1.29 is 9.47 Å². The number of fused-ring (bicyclic) bond motifs is 1. The predicted molar refractivity (Wildman–Crippen MR) is 128 cm³/mol. The number of methoxy groups -OCH3 is 1. The van der Waals surface area contributed by atoms with E-state index in [2.05, 4.69) is 29.2 Å². The molecule has 4 rings (SSSR count). The summed E-state index contributed by atoms with van der Waals surface area (Å²) in [5, 5.41) is 1.83. The summed E-state index contributed by atoms with van der Waals surface area (Å²) < 4.78 is 11.7. The Labute approximate surface area is 187 Å². The molecule has 0 amide bonds. The summed E-state index contributed by atoms with van der Waals surface area (Å²) >= 11 is 6.32. The van der Waals surface area contributed by atoms with E-state index in [0.717, 1.165) is 58.5 Å². The lowest BCUT2D eigenvalue weighted by molar-refractivity contribution is 0.306. The molecule has 5 heteroatoms. The zero-order chi connectivity index (χ0) is 21.6. The van der Waals surface area contributed by atoms with Crippen molar-refractivity contribution in [1.82, 2.24) is 4.98 Å². The first kappa shape index (κ1) is 21.3. The van der Waals surface area contributed by atoms with E-state index in [-0.39, 0.29) is 0 Å². The number of unbranched alkanes of at least 4 members (excludes halogenated alkanes) is 1. The van der Waals surface area contributed by atoms with Crippen molar-refractivity contribution in [2.75, 3.05) is 13.7 Å². The lowest BCUT2D eigenvalue weighted by atomic mass is 9.99. The number of hydrogen-bond donors (Lipinski definition) is 2. The monoisotopic (exact) mass is 434 g/mol. The molecule has 0 radical (unpaired) electrons. The second-order valence-electron chi connectivity index (χ2n) is 7.55. The van der Waals surface area contributed by atoms with E-state index in [1.54, 1.807) is 7.11 Å². The van der Waals surface area contributed by atoms with Crippen molar-refractivity contribution in [3.05, 3.63) is 82.9 Å². The summed E-state index contributed by atoms with van der Waals surface area (Å²) in [5.74, 6) is 1.64. The van der Waals surface area contributed by atoms with E-state index in [4.69, 9.17) is 26.8 Å². The molecule has 0 spiro atoms. The molecule has 3 N–H and O–H groups in total. The second-order valence-corrected chi connectivity index (χ2v) is 7.99. The number of aryl methyl sites for hydroxylation is 1. The smallest absolute Gasteiger partial charge is 0.128 e. The molecule has 0 aliphatic carbocycles. The van der Waals surface area contributed by atoms with Crippen LogP contribution in [0, 0.1) is 0 Å². The Morgan fingerprint density at radius 1 is 0.968 bits per heavy atom. The minimum Gasteiger partial charge on any atom is -0.496 e. The highest BCUT2D eigenvalue weighted by Crippen LogP contribution is 2.39. The standard InChI is InChI=1S/C26H27ClN2O2/c1-30-25-13-10-19(27)15-23(25)26-21(9-5-6-14-28)22-16-20(11-12-24(22)29-26)31-17-18-7-3-2-4-8-18/h2-4,7-8,10-13,15-16,29H,5-6,9,14,17,28H2,1H3. The van der Waals surface area contributed by atoms with Crippen LogP contribution < -0.4 is 15.2 Å². The van der Waals surface area contributed by atoms with Gasteiger partial charge in [-0.3, -0.25) is 0 Å². The number of halogens is 1. The van der Waals surface area contributed by atoms with E-state index in [1.807, 2.05) is 42.5 Å². The van der Waals surface area contributed by atoms with Gasteiger partial charge in [-0.15, -0.1) is 0 Å². The van der Waals surface area contributed by atoms with Crippen LogP contribution >= 0.6 is 11.6 Å². The number of benzene rings is 3. The van der Waals surface area contributed by atoms with Gasteiger partial charge in [0.1, 0.15) is 18.1 Å². The number of aromatic nitrogens is 1. The van der Waals surface area contributed by atoms with Crippen molar-refractivity contribution in [3.8, 4) is 22.8 Å². The maximum Gasteiger partial charge on any atom is 0.128 e. The molecule has 1 aromatic heterocycles. The number of aromatic amines is 1. The van der Waals surface area contributed by atoms with Crippen molar-refractivity contribution >= 4 is 22.5 Å². The van der Waals surface area contributed by atoms with Crippen LogP contribution in [0.4, 0.5) is 0 Å². The highest BCUT2D eigenvalue weighted by molar-refractivity contribution is 6.31. The van der Waals surface area contributed by atoms with E-state index in [1.165, 1.54) is 5.56 Å². The zero-order valence-corrected chi connectivity index (χ0v) is 18.4. The van der Waals surface area contributed by atoms with Gasteiger partial charge in [-0.2, -0.15) is 0 Å². The molecular formula is C26H27ClN2O2. The Hall–Kier alpha value is -2.95. The van der Waals surface area contributed by atoms with Crippen LogP contribution in [0.15, 0.2) is 66.7 Å². The summed E-state index contributed by atoms with van der Waals surface area (Å²) in [6.07, 6.45) is 2.89. The Balaban J connectivity index is 1.74. The minimum absolute atomic E-state index is 0.536. The van der Waals surface area contributed by atoms with Gasteiger partial charge in [0.15, 0.2) is 0 Å². The summed E-state index contributed by atoms with van der Waals surface area (Å²) in [7, 11) is 1.68. The Morgan fingerprint density at radius 3 is 2.58 bits per heavy atom. The molecule has 4 aromatic rings. The van der Waals surface area contributed by atoms with E-state index in [9.17, 15) is 0 Å². The summed E-state index contributed by atoms with van der Waals surface area (Å²) in [5.41, 5.74) is 11.2. The van der Waals surface area contributed by atoms with Crippen LogP contribution in [0.5, 0.6) is 11.5 Å². The zero-order valence-electron chi connectivity index (χ0n) is 17.7. The fraction of sp³-hybridized carbons (Fsp3) is 0.231. The van der Waals surface area contributed by atoms with Gasteiger partial charge in [-0.25, -0.2) is 0 Å². The van der Waals surface area contributed by atoms with Crippen LogP contribution in [-0.4, -0.2) is 18.6 Å². The molecule has 0 aliphatic rings. The SMILES string of the molecule is COc1ccc(Cl)cc1-c1[nH]c2ccc(OCc3ccccc3)cc2c1CCCCN. The van der Waals surface area contributed by atoms with Gasteiger partial charge in [0.05, 0.1) is 12.8 Å². The van der Waals surface area contributed by atoms with Gasteiger partial charge in [-0.05, 0) is 73.3 Å². The molecule has 0 aliphatic heterocycles. The van der Waals surface area contributed by atoms with Gasteiger partial charge in [0.2, 0.25) is 0 Å². The molecule has 3 aromatic carbocycles. The molecule has 0 saturated carbocycles. The quantitative estimate of drug-likeness (QED) is 0.301. The number of nitrogens with one attached hydrogen (secondary N) is 1. The third kappa shape index (κ3) is 4.87. The van der Waals surface area contributed by atoms with E-state index < -0.39 is 0 Å². The number of H-pyrrole nitrogens is 1. The molecule has 0 bridgehead atoms. The first-order valence-electron chi connectivity index (χ1n) is 10.5. The number of nitrogens with two attached hydrogens (primary N) is 1. The van der Waals surface area contributed by atoms with Crippen molar-refractivity contribution in [3.63, 3.8) is 0 Å². The Bertz CT molecular complexity index is 1160. The number of ether oxygens (including phenoxy) is 2. The van der Waals surface area contributed by atoms with Crippen LogP contribution in [-0.2, 0) is 13.0 Å². The van der Waals surface area contributed by atoms with Crippen molar-refractivity contribution in [2.24, 2.45) is 5.73 Å². The first-order chi connectivity index (χ1) is 15.2. The van der Waals surface area contributed by atoms with Gasteiger partial charge in [-0.1, -0.05) is 41.9 Å².